The van der Waals surface area contributed by atoms with E-state index in [1.165, 1.54) is 16.7 Å². The Hall–Kier alpha value is -1.94. The molecule has 21 heavy (non-hydrogen) atoms. The maximum absolute atomic E-state index is 11.4. The van der Waals surface area contributed by atoms with Crippen LogP contribution in [0.25, 0.3) is 0 Å². The molecule has 0 fully saturated rings. The van der Waals surface area contributed by atoms with E-state index in [1.54, 1.807) is 11.8 Å². The van der Waals surface area contributed by atoms with E-state index >= 15 is 0 Å². The Morgan fingerprint density at radius 1 is 1.24 bits per heavy atom. The Bertz CT molecular complexity index is 697. The third-order valence-corrected chi connectivity index (χ3v) is 4.75. The van der Waals surface area contributed by atoms with Gasteiger partial charge >= 0.3 is 0 Å². The number of aryl methyl sites for hydroxylation is 2. The van der Waals surface area contributed by atoms with Gasteiger partial charge in [-0.3, -0.25) is 4.79 Å². The van der Waals surface area contributed by atoms with E-state index < -0.39 is 0 Å². The van der Waals surface area contributed by atoms with Gasteiger partial charge in [-0.05, 0) is 36.6 Å². The average Bonchev–Trinajstić information content (AvgIpc) is 2.45. The standard InChI is InChI=1S/C17H18N2OS/c1-11-3-2-4-12(7-11)10-21-16-8-13-5-6-17(20)19-15(13)9-14(16)18/h2-4,7-9H,5-6,10,18H2,1H3,(H,19,20). The summed E-state index contributed by atoms with van der Waals surface area (Å²) in [6.45, 7) is 2.10. The molecule has 0 spiro atoms. The number of benzene rings is 2. The molecule has 0 bridgehead atoms. The van der Waals surface area contributed by atoms with Crippen molar-refractivity contribution in [2.75, 3.05) is 11.1 Å². The summed E-state index contributed by atoms with van der Waals surface area (Å²) in [7, 11) is 0. The highest BCUT2D eigenvalue weighted by molar-refractivity contribution is 7.98. The van der Waals surface area contributed by atoms with Crippen LogP contribution < -0.4 is 11.1 Å². The zero-order chi connectivity index (χ0) is 14.8. The zero-order valence-corrected chi connectivity index (χ0v) is 12.8. The van der Waals surface area contributed by atoms with E-state index in [4.69, 9.17) is 5.73 Å². The van der Waals surface area contributed by atoms with Crippen LogP contribution in [0.1, 0.15) is 23.1 Å². The van der Waals surface area contributed by atoms with E-state index in [2.05, 4.69) is 42.6 Å². The highest BCUT2D eigenvalue weighted by Crippen LogP contribution is 2.35. The number of amides is 1. The van der Waals surface area contributed by atoms with E-state index in [0.717, 1.165) is 28.4 Å². The number of hydrogen-bond acceptors (Lipinski definition) is 3. The van der Waals surface area contributed by atoms with E-state index in [-0.39, 0.29) is 5.91 Å². The van der Waals surface area contributed by atoms with Crippen molar-refractivity contribution < 1.29 is 4.79 Å². The predicted octanol–water partition coefficient (Wildman–Crippen LogP) is 3.75. The molecule has 108 valence electrons. The number of rotatable bonds is 3. The fourth-order valence-corrected chi connectivity index (χ4v) is 3.46. The van der Waals surface area contributed by atoms with Gasteiger partial charge < -0.3 is 11.1 Å². The molecule has 0 atom stereocenters. The van der Waals surface area contributed by atoms with Crippen LogP contribution in [0.3, 0.4) is 0 Å². The first kappa shape index (κ1) is 14.0. The number of carbonyl (C=O) groups excluding carboxylic acids is 1. The maximum atomic E-state index is 11.4. The van der Waals surface area contributed by atoms with Crippen molar-refractivity contribution in [3.05, 3.63) is 53.1 Å². The van der Waals surface area contributed by atoms with Gasteiger partial charge in [-0.25, -0.2) is 0 Å². The minimum Gasteiger partial charge on any atom is -0.398 e. The topological polar surface area (TPSA) is 55.1 Å². The first-order valence-electron chi connectivity index (χ1n) is 7.02. The summed E-state index contributed by atoms with van der Waals surface area (Å²) < 4.78 is 0. The highest BCUT2D eigenvalue weighted by Gasteiger charge is 2.16. The van der Waals surface area contributed by atoms with Crippen LogP contribution in [0.2, 0.25) is 0 Å². The summed E-state index contributed by atoms with van der Waals surface area (Å²) in [6.07, 6.45) is 1.35. The van der Waals surface area contributed by atoms with Crippen LogP contribution in [0.4, 0.5) is 11.4 Å². The van der Waals surface area contributed by atoms with Crippen LogP contribution in [-0.2, 0) is 17.0 Å². The number of thioether (sulfide) groups is 1. The van der Waals surface area contributed by atoms with Crippen LogP contribution >= 0.6 is 11.8 Å². The van der Waals surface area contributed by atoms with Crippen molar-refractivity contribution in [3.8, 4) is 0 Å². The zero-order valence-electron chi connectivity index (χ0n) is 12.0. The predicted molar refractivity (Wildman–Crippen MR) is 88.5 cm³/mol. The van der Waals surface area contributed by atoms with Gasteiger partial charge in [-0.1, -0.05) is 29.8 Å². The van der Waals surface area contributed by atoms with E-state index in [1.807, 2.05) is 6.07 Å². The van der Waals surface area contributed by atoms with Crippen LogP contribution in [0.15, 0.2) is 41.3 Å². The molecule has 0 saturated carbocycles. The van der Waals surface area contributed by atoms with Crippen molar-refractivity contribution >= 4 is 29.0 Å². The molecule has 0 aromatic heterocycles. The largest absolute Gasteiger partial charge is 0.398 e. The van der Waals surface area contributed by atoms with Gasteiger partial charge in [0.05, 0.1) is 0 Å². The monoisotopic (exact) mass is 298 g/mol. The second-order valence-electron chi connectivity index (χ2n) is 5.37. The van der Waals surface area contributed by atoms with Gasteiger partial charge in [0.15, 0.2) is 0 Å². The molecule has 2 aromatic rings. The van der Waals surface area contributed by atoms with Crippen LogP contribution in [0.5, 0.6) is 0 Å². The molecule has 0 unspecified atom stereocenters. The van der Waals surface area contributed by atoms with E-state index in [0.29, 0.717) is 6.42 Å². The van der Waals surface area contributed by atoms with Crippen molar-refractivity contribution in [1.82, 2.24) is 0 Å². The normalized spacial score (nSPS) is 13.7. The molecular weight excluding hydrogens is 280 g/mol. The van der Waals surface area contributed by atoms with Gasteiger partial charge in [0.1, 0.15) is 0 Å². The number of fused-ring (bicyclic) bond motifs is 1. The van der Waals surface area contributed by atoms with Crippen molar-refractivity contribution in [3.63, 3.8) is 0 Å². The highest BCUT2D eigenvalue weighted by atomic mass is 32.2. The van der Waals surface area contributed by atoms with Gasteiger partial charge in [-0.2, -0.15) is 0 Å². The molecule has 4 heteroatoms. The summed E-state index contributed by atoms with van der Waals surface area (Å²) in [6, 6.07) is 12.5. The maximum Gasteiger partial charge on any atom is 0.224 e. The molecule has 3 rings (SSSR count). The fourth-order valence-electron chi connectivity index (χ4n) is 2.51. The summed E-state index contributed by atoms with van der Waals surface area (Å²) in [5.41, 5.74) is 11.5. The molecule has 3 nitrogen and oxygen atoms in total. The number of carbonyl (C=O) groups is 1. The first-order chi connectivity index (χ1) is 10.1. The minimum atomic E-state index is 0.0714. The lowest BCUT2D eigenvalue weighted by atomic mass is 10.0. The number of nitrogens with two attached hydrogens (primary N) is 1. The molecule has 2 aromatic carbocycles. The van der Waals surface area contributed by atoms with Crippen molar-refractivity contribution in [1.29, 1.82) is 0 Å². The SMILES string of the molecule is Cc1cccc(CSc2cc3c(cc2N)NC(=O)CC3)c1. The second kappa shape index (κ2) is 5.82. The lowest BCUT2D eigenvalue weighted by Crippen LogP contribution is -2.19. The number of nitrogens with one attached hydrogen (secondary N) is 1. The Morgan fingerprint density at radius 3 is 2.90 bits per heavy atom. The number of anilines is 2. The molecule has 3 N–H and O–H groups in total. The number of hydrogen-bond donors (Lipinski definition) is 2. The summed E-state index contributed by atoms with van der Waals surface area (Å²) in [5, 5.41) is 2.88. The average molecular weight is 298 g/mol. The fraction of sp³-hybridized carbons (Fsp3) is 0.235. The molecule has 0 aliphatic carbocycles. The lowest BCUT2D eigenvalue weighted by Gasteiger charge is -2.19. The molecule has 1 amide bonds. The summed E-state index contributed by atoms with van der Waals surface area (Å²) >= 11 is 1.74. The Morgan fingerprint density at radius 2 is 2.10 bits per heavy atom. The third kappa shape index (κ3) is 3.22. The molecular formula is C17H18N2OS. The van der Waals surface area contributed by atoms with Gasteiger partial charge in [0.2, 0.25) is 5.91 Å². The third-order valence-electron chi connectivity index (χ3n) is 3.61. The van der Waals surface area contributed by atoms with Gasteiger partial charge in [0, 0.05) is 28.4 Å². The molecule has 1 aliphatic heterocycles. The Balaban J connectivity index is 1.78. The summed E-state index contributed by atoms with van der Waals surface area (Å²) in [5.74, 6) is 0.971. The van der Waals surface area contributed by atoms with E-state index in [9.17, 15) is 4.79 Å². The van der Waals surface area contributed by atoms with Crippen molar-refractivity contribution in [2.45, 2.75) is 30.4 Å². The quantitative estimate of drug-likeness (QED) is 0.670. The minimum absolute atomic E-state index is 0.0714. The smallest absolute Gasteiger partial charge is 0.224 e. The number of nitrogen functional groups attached to an aromatic ring is 1. The first-order valence-corrected chi connectivity index (χ1v) is 8.01. The molecule has 0 radical (unpaired) electrons. The Labute approximate surface area is 128 Å². The molecule has 1 heterocycles. The van der Waals surface area contributed by atoms with Gasteiger partial charge in [0.25, 0.3) is 0 Å². The Kier molecular flexibility index (Phi) is 3.88. The molecule has 1 aliphatic rings. The van der Waals surface area contributed by atoms with Crippen LogP contribution in [-0.4, -0.2) is 5.91 Å². The van der Waals surface area contributed by atoms with Crippen LogP contribution in [0, 0.1) is 6.92 Å². The second-order valence-corrected chi connectivity index (χ2v) is 6.39. The van der Waals surface area contributed by atoms with Crippen molar-refractivity contribution in [2.24, 2.45) is 0 Å². The van der Waals surface area contributed by atoms with Gasteiger partial charge in [-0.15, -0.1) is 11.8 Å². The summed E-state index contributed by atoms with van der Waals surface area (Å²) in [4.78, 5) is 12.5. The lowest BCUT2D eigenvalue weighted by molar-refractivity contribution is -0.116. The molecule has 0 saturated heterocycles.